The Hall–Kier alpha value is -1.87. The number of imidazole rings is 1. The molecule has 0 fully saturated rings. The van der Waals surface area contributed by atoms with E-state index >= 15 is 0 Å². The second-order valence-corrected chi connectivity index (χ2v) is 4.34. The Morgan fingerprint density at radius 1 is 1.24 bits per heavy atom. The molecule has 0 bridgehead atoms. The van der Waals surface area contributed by atoms with Crippen LogP contribution in [-0.2, 0) is 0 Å². The summed E-state index contributed by atoms with van der Waals surface area (Å²) in [6.07, 6.45) is 7.17. The molecule has 2 aromatic heterocycles. The number of fused-ring (bicyclic) bond motifs is 1. The smallest absolute Gasteiger partial charge is 0.155 e. The molecule has 3 rings (SSSR count). The molecule has 4 heteroatoms. The molecule has 2 heterocycles. The van der Waals surface area contributed by atoms with Crippen molar-refractivity contribution in [3.63, 3.8) is 0 Å². The van der Waals surface area contributed by atoms with Crippen molar-refractivity contribution in [2.24, 2.45) is 0 Å². The Kier molecular flexibility index (Phi) is 2.34. The Bertz CT molecular complexity index is 688. The second-order valence-electron chi connectivity index (χ2n) is 3.93. The predicted molar refractivity (Wildman–Crippen MR) is 68.2 cm³/mol. The maximum absolute atomic E-state index is 6.23. The Balaban J connectivity index is 2.31. The summed E-state index contributed by atoms with van der Waals surface area (Å²) in [5.41, 5.74) is 3.97. The molecule has 3 nitrogen and oxygen atoms in total. The van der Waals surface area contributed by atoms with E-state index in [1.807, 2.05) is 35.9 Å². The van der Waals surface area contributed by atoms with E-state index in [9.17, 15) is 0 Å². The number of benzene rings is 1. The molecule has 0 aliphatic carbocycles. The molecule has 0 spiro atoms. The highest BCUT2D eigenvalue weighted by Crippen LogP contribution is 2.28. The van der Waals surface area contributed by atoms with Gasteiger partial charge in [0.25, 0.3) is 0 Å². The highest BCUT2D eigenvalue weighted by Gasteiger charge is 2.09. The van der Waals surface area contributed by atoms with E-state index in [4.69, 9.17) is 11.6 Å². The van der Waals surface area contributed by atoms with Crippen LogP contribution in [0.25, 0.3) is 16.9 Å². The summed E-state index contributed by atoms with van der Waals surface area (Å²) >= 11 is 6.23. The van der Waals surface area contributed by atoms with Gasteiger partial charge in [-0.25, -0.2) is 4.98 Å². The molecule has 0 radical (unpaired) electrons. The lowest BCUT2D eigenvalue weighted by Crippen LogP contribution is -1.89. The lowest BCUT2D eigenvalue weighted by molar-refractivity contribution is 1.13. The van der Waals surface area contributed by atoms with Crippen molar-refractivity contribution in [3.05, 3.63) is 53.6 Å². The average Bonchev–Trinajstić information content (AvgIpc) is 2.76. The van der Waals surface area contributed by atoms with Crippen molar-refractivity contribution in [2.75, 3.05) is 0 Å². The number of nitrogens with zero attached hydrogens (tertiary/aromatic N) is 3. The van der Waals surface area contributed by atoms with Crippen LogP contribution in [0.3, 0.4) is 0 Å². The number of rotatable bonds is 1. The molecule has 0 amide bonds. The minimum absolute atomic E-state index is 0.731. The van der Waals surface area contributed by atoms with Crippen LogP contribution >= 0.6 is 11.6 Å². The second kappa shape index (κ2) is 3.86. The van der Waals surface area contributed by atoms with E-state index in [2.05, 4.69) is 16.0 Å². The van der Waals surface area contributed by atoms with Crippen LogP contribution in [0, 0.1) is 6.92 Å². The van der Waals surface area contributed by atoms with E-state index in [-0.39, 0.29) is 0 Å². The summed E-state index contributed by atoms with van der Waals surface area (Å²) in [6.45, 7) is 2.05. The van der Waals surface area contributed by atoms with Gasteiger partial charge in [0.15, 0.2) is 5.65 Å². The normalized spacial score (nSPS) is 10.9. The molecular formula is C13H10ClN3. The van der Waals surface area contributed by atoms with Gasteiger partial charge in [0, 0.05) is 23.0 Å². The van der Waals surface area contributed by atoms with Crippen LogP contribution in [0.15, 0.2) is 43.0 Å². The molecule has 0 unspecified atom stereocenters. The summed E-state index contributed by atoms with van der Waals surface area (Å²) in [4.78, 5) is 8.35. The molecule has 0 atom stereocenters. The van der Waals surface area contributed by atoms with Gasteiger partial charge in [0.1, 0.15) is 0 Å². The molecule has 0 aliphatic heterocycles. The first kappa shape index (κ1) is 10.3. The zero-order valence-corrected chi connectivity index (χ0v) is 10.0. The summed E-state index contributed by atoms with van der Waals surface area (Å²) in [5.74, 6) is 0. The van der Waals surface area contributed by atoms with Crippen molar-refractivity contribution in [2.45, 2.75) is 6.92 Å². The maximum atomic E-state index is 6.23. The van der Waals surface area contributed by atoms with Gasteiger partial charge in [-0.05, 0) is 19.1 Å². The van der Waals surface area contributed by atoms with Gasteiger partial charge in [-0.2, -0.15) is 0 Å². The third-order valence-corrected chi connectivity index (χ3v) is 3.04. The fourth-order valence-electron chi connectivity index (χ4n) is 1.88. The van der Waals surface area contributed by atoms with E-state index < -0.39 is 0 Å². The topological polar surface area (TPSA) is 30.2 Å². The standard InChI is InChI=1S/C13H10ClN3/c1-9-2-3-11(14)10(6-9)12-7-16-13-8-15-4-5-17(12)13/h2-8H,1H3. The number of hydrogen-bond acceptors (Lipinski definition) is 2. The Morgan fingerprint density at radius 3 is 3.00 bits per heavy atom. The summed E-state index contributed by atoms with van der Waals surface area (Å²) in [7, 11) is 0. The van der Waals surface area contributed by atoms with Gasteiger partial charge in [-0.3, -0.25) is 9.38 Å². The van der Waals surface area contributed by atoms with Crippen molar-refractivity contribution >= 4 is 17.2 Å². The van der Waals surface area contributed by atoms with Crippen LogP contribution in [-0.4, -0.2) is 14.4 Å². The van der Waals surface area contributed by atoms with E-state index in [0.29, 0.717) is 0 Å². The summed E-state index contributed by atoms with van der Waals surface area (Å²) < 4.78 is 1.98. The van der Waals surface area contributed by atoms with Crippen LogP contribution in [0.5, 0.6) is 0 Å². The van der Waals surface area contributed by atoms with E-state index in [0.717, 1.165) is 21.9 Å². The highest BCUT2D eigenvalue weighted by molar-refractivity contribution is 6.33. The van der Waals surface area contributed by atoms with Crippen molar-refractivity contribution in [1.29, 1.82) is 0 Å². The molecule has 17 heavy (non-hydrogen) atoms. The first-order valence-corrected chi connectivity index (χ1v) is 5.67. The molecule has 1 aromatic carbocycles. The number of aryl methyl sites for hydroxylation is 1. The number of hydrogen-bond donors (Lipinski definition) is 0. The van der Waals surface area contributed by atoms with Crippen LogP contribution in [0.4, 0.5) is 0 Å². The van der Waals surface area contributed by atoms with Crippen LogP contribution in [0.1, 0.15) is 5.56 Å². The Labute approximate surface area is 104 Å². The third-order valence-electron chi connectivity index (χ3n) is 2.72. The lowest BCUT2D eigenvalue weighted by atomic mass is 10.1. The average molecular weight is 244 g/mol. The Morgan fingerprint density at radius 2 is 2.12 bits per heavy atom. The maximum Gasteiger partial charge on any atom is 0.155 e. The minimum atomic E-state index is 0.731. The van der Waals surface area contributed by atoms with Gasteiger partial charge >= 0.3 is 0 Å². The monoisotopic (exact) mass is 243 g/mol. The molecule has 3 aromatic rings. The predicted octanol–water partition coefficient (Wildman–Crippen LogP) is 3.36. The zero-order valence-electron chi connectivity index (χ0n) is 9.26. The molecular weight excluding hydrogens is 234 g/mol. The molecule has 84 valence electrons. The minimum Gasteiger partial charge on any atom is -0.297 e. The highest BCUT2D eigenvalue weighted by atomic mass is 35.5. The quantitative estimate of drug-likeness (QED) is 0.656. The van der Waals surface area contributed by atoms with Crippen molar-refractivity contribution in [3.8, 4) is 11.3 Å². The number of halogens is 1. The van der Waals surface area contributed by atoms with Crippen LogP contribution < -0.4 is 0 Å². The van der Waals surface area contributed by atoms with Gasteiger partial charge < -0.3 is 0 Å². The zero-order chi connectivity index (χ0) is 11.8. The van der Waals surface area contributed by atoms with Gasteiger partial charge in [0.05, 0.1) is 18.1 Å². The fraction of sp³-hybridized carbons (Fsp3) is 0.0769. The van der Waals surface area contributed by atoms with E-state index in [1.165, 1.54) is 5.56 Å². The summed E-state index contributed by atoms with van der Waals surface area (Å²) in [6, 6.07) is 5.97. The molecule has 0 saturated carbocycles. The van der Waals surface area contributed by atoms with Gasteiger partial charge in [0.2, 0.25) is 0 Å². The molecule has 0 aliphatic rings. The fourth-order valence-corrected chi connectivity index (χ4v) is 2.09. The molecule has 0 N–H and O–H groups in total. The first-order chi connectivity index (χ1) is 8.25. The lowest BCUT2D eigenvalue weighted by Gasteiger charge is -2.05. The van der Waals surface area contributed by atoms with E-state index in [1.54, 1.807) is 12.4 Å². The van der Waals surface area contributed by atoms with Crippen LogP contribution in [0.2, 0.25) is 5.02 Å². The number of aromatic nitrogens is 3. The van der Waals surface area contributed by atoms with Crippen molar-refractivity contribution in [1.82, 2.24) is 14.4 Å². The first-order valence-electron chi connectivity index (χ1n) is 5.29. The largest absolute Gasteiger partial charge is 0.297 e. The summed E-state index contributed by atoms with van der Waals surface area (Å²) in [5, 5.41) is 0.731. The van der Waals surface area contributed by atoms with Gasteiger partial charge in [-0.1, -0.05) is 23.2 Å². The van der Waals surface area contributed by atoms with Crippen molar-refractivity contribution < 1.29 is 0 Å². The molecule has 0 saturated heterocycles. The third kappa shape index (κ3) is 1.68. The SMILES string of the molecule is Cc1ccc(Cl)c(-c2cnc3cnccn23)c1. The van der Waals surface area contributed by atoms with Gasteiger partial charge in [-0.15, -0.1) is 0 Å².